The first-order chi connectivity index (χ1) is 7.18. The van der Waals surface area contributed by atoms with Crippen LogP contribution >= 0.6 is 0 Å². The number of aromatic nitrogens is 2. The van der Waals surface area contributed by atoms with Crippen LogP contribution in [0.25, 0.3) is 0 Å². The van der Waals surface area contributed by atoms with Gasteiger partial charge in [0.05, 0.1) is 25.5 Å². The van der Waals surface area contributed by atoms with Gasteiger partial charge in [-0.25, -0.2) is 4.98 Å². The lowest BCUT2D eigenvalue weighted by Crippen LogP contribution is -2.27. The molecule has 15 heavy (non-hydrogen) atoms. The van der Waals surface area contributed by atoms with Gasteiger partial charge >= 0.3 is 0 Å². The molecule has 2 rings (SSSR count). The second kappa shape index (κ2) is 4.08. The van der Waals surface area contributed by atoms with Crippen molar-refractivity contribution < 1.29 is 13.9 Å². The predicted molar refractivity (Wildman–Crippen MR) is 49.1 cm³/mol. The Morgan fingerprint density at radius 3 is 2.93 bits per heavy atom. The Balaban J connectivity index is 2.32. The first kappa shape index (κ1) is 10.3. The average Bonchev–Trinajstić information content (AvgIpc) is 2.26. The number of aromatic amines is 1. The van der Waals surface area contributed by atoms with Crippen molar-refractivity contribution in [1.82, 2.24) is 9.97 Å². The number of nitrogens with one attached hydrogen (secondary N) is 1. The van der Waals surface area contributed by atoms with E-state index >= 15 is 0 Å². The van der Waals surface area contributed by atoms with Gasteiger partial charge in [-0.3, -0.25) is 4.79 Å². The Hall–Kier alpha value is -1.27. The van der Waals surface area contributed by atoms with Crippen LogP contribution in [0.4, 0.5) is 4.39 Å². The maximum absolute atomic E-state index is 13.0. The van der Waals surface area contributed by atoms with Crippen LogP contribution in [-0.4, -0.2) is 29.8 Å². The largest absolute Gasteiger partial charge is 0.376 e. The van der Waals surface area contributed by atoms with Crippen LogP contribution in [0.15, 0.2) is 4.79 Å². The topological polar surface area (TPSA) is 64.2 Å². The lowest BCUT2D eigenvalue weighted by atomic mass is 10.3. The molecule has 0 amide bonds. The van der Waals surface area contributed by atoms with Crippen molar-refractivity contribution in [2.45, 2.75) is 13.0 Å². The Kier molecular flexibility index (Phi) is 2.79. The molecule has 0 saturated carbocycles. The van der Waals surface area contributed by atoms with Crippen LogP contribution in [-0.2, 0) is 9.47 Å². The zero-order chi connectivity index (χ0) is 10.8. The fourth-order valence-electron chi connectivity index (χ4n) is 1.39. The molecule has 0 spiro atoms. The molecule has 1 saturated heterocycles. The van der Waals surface area contributed by atoms with Gasteiger partial charge < -0.3 is 14.5 Å². The number of ether oxygens (including phenoxy) is 2. The van der Waals surface area contributed by atoms with Crippen LogP contribution in [0.1, 0.15) is 17.6 Å². The Morgan fingerprint density at radius 1 is 1.53 bits per heavy atom. The van der Waals surface area contributed by atoms with Crippen molar-refractivity contribution in [3.8, 4) is 0 Å². The second-order valence-electron chi connectivity index (χ2n) is 3.28. The number of rotatable bonds is 1. The molecular weight excluding hydrogens is 203 g/mol. The van der Waals surface area contributed by atoms with Gasteiger partial charge in [0.15, 0.2) is 0 Å². The van der Waals surface area contributed by atoms with Gasteiger partial charge in [0, 0.05) is 0 Å². The predicted octanol–water partition coefficient (Wildman–Crippen LogP) is 0.305. The number of hydrogen-bond donors (Lipinski definition) is 1. The van der Waals surface area contributed by atoms with E-state index in [0.29, 0.717) is 25.6 Å². The standard InChI is InChI=1S/C9H11FN2O3/c1-5-7(10)9(13)12-8(11-5)6-4-14-2-3-15-6/h6H,2-4H2,1H3,(H,11,12,13). The van der Waals surface area contributed by atoms with Crippen molar-refractivity contribution >= 4 is 0 Å². The number of halogens is 1. The second-order valence-corrected chi connectivity index (χ2v) is 3.28. The highest BCUT2D eigenvalue weighted by Gasteiger charge is 2.20. The normalized spacial score (nSPS) is 21.6. The van der Waals surface area contributed by atoms with Gasteiger partial charge in [0.25, 0.3) is 5.56 Å². The summed E-state index contributed by atoms with van der Waals surface area (Å²) in [5.74, 6) is -0.533. The minimum atomic E-state index is -0.851. The monoisotopic (exact) mass is 214 g/mol. The van der Waals surface area contributed by atoms with E-state index in [1.807, 2.05) is 0 Å². The van der Waals surface area contributed by atoms with Crippen LogP contribution in [0.3, 0.4) is 0 Å². The van der Waals surface area contributed by atoms with E-state index < -0.39 is 17.5 Å². The van der Waals surface area contributed by atoms with E-state index in [1.54, 1.807) is 0 Å². The Bertz CT molecular complexity index is 412. The van der Waals surface area contributed by atoms with E-state index in [-0.39, 0.29) is 5.69 Å². The molecule has 0 radical (unpaired) electrons. The van der Waals surface area contributed by atoms with Crippen LogP contribution in [0, 0.1) is 12.7 Å². The molecule has 1 aliphatic heterocycles. The summed E-state index contributed by atoms with van der Waals surface area (Å²) >= 11 is 0. The summed E-state index contributed by atoms with van der Waals surface area (Å²) in [5.41, 5.74) is -0.699. The highest BCUT2D eigenvalue weighted by molar-refractivity contribution is 5.05. The number of aryl methyl sites for hydroxylation is 1. The van der Waals surface area contributed by atoms with E-state index in [2.05, 4.69) is 9.97 Å². The molecule has 5 nitrogen and oxygen atoms in total. The van der Waals surface area contributed by atoms with E-state index in [4.69, 9.17) is 9.47 Å². The van der Waals surface area contributed by atoms with Crippen molar-refractivity contribution in [3.05, 3.63) is 27.7 Å². The van der Waals surface area contributed by atoms with Gasteiger partial charge in [0.1, 0.15) is 11.9 Å². The van der Waals surface area contributed by atoms with Crippen molar-refractivity contribution in [1.29, 1.82) is 0 Å². The lowest BCUT2D eigenvalue weighted by molar-refractivity contribution is -0.0937. The molecule has 1 aromatic heterocycles. The van der Waals surface area contributed by atoms with Gasteiger partial charge in [-0.15, -0.1) is 0 Å². The van der Waals surface area contributed by atoms with Crippen LogP contribution in [0.2, 0.25) is 0 Å². The molecular formula is C9H11FN2O3. The third-order valence-electron chi connectivity index (χ3n) is 2.17. The third kappa shape index (κ3) is 2.05. The summed E-state index contributed by atoms with van der Waals surface area (Å²) in [6.45, 7) is 2.75. The molecule has 1 N–H and O–H groups in total. The number of nitrogens with zero attached hydrogens (tertiary/aromatic N) is 1. The molecule has 1 unspecified atom stereocenters. The third-order valence-corrected chi connectivity index (χ3v) is 2.17. The van der Waals surface area contributed by atoms with Crippen LogP contribution < -0.4 is 5.56 Å². The fraction of sp³-hybridized carbons (Fsp3) is 0.556. The smallest absolute Gasteiger partial charge is 0.287 e. The molecule has 0 bridgehead atoms. The van der Waals surface area contributed by atoms with Gasteiger partial charge in [-0.1, -0.05) is 0 Å². The van der Waals surface area contributed by atoms with Gasteiger partial charge in [-0.2, -0.15) is 4.39 Å². The minimum Gasteiger partial charge on any atom is -0.376 e. The zero-order valence-electron chi connectivity index (χ0n) is 8.25. The highest BCUT2D eigenvalue weighted by Crippen LogP contribution is 2.16. The quantitative estimate of drug-likeness (QED) is 0.730. The molecule has 0 aliphatic carbocycles. The Morgan fingerprint density at radius 2 is 2.33 bits per heavy atom. The highest BCUT2D eigenvalue weighted by atomic mass is 19.1. The fourth-order valence-corrected chi connectivity index (χ4v) is 1.39. The van der Waals surface area contributed by atoms with Crippen molar-refractivity contribution in [2.75, 3.05) is 19.8 Å². The SMILES string of the molecule is Cc1nc(C2COCCO2)[nH]c(=O)c1F. The zero-order valence-corrected chi connectivity index (χ0v) is 8.25. The summed E-state index contributed by atoms with van der Waals surface area (Å²) in [6, 6.07) is 0. The summed E-state index contributed by atoms with van der Waals surface area (Å²) in [7, 11) is 0. The van der Waals surface area contributed by atoms with E-state index in [1.165, 1.54) is 6.92 Å². The molecule has 2 heterocycles. The first-order valence-corrected chi connectivity index (χ1v) is 4.64. The maximum Gasteiger partial charge on any atom is 0.287 e. The summed E-state index contributed by atoms with van der Waals surface area (Å²) in [5, 5.41) is 0. The van der Waals surface area contributed by atoms with E-state index in [0.717, 1.165) is 0 Å². The molecule has 1 aromatic rings. The molecule has 6 heteroatoms. The molecule has 82 valence electrons. The molecule has 1 fully saturated rings. The van der Waals surface area contributed by atoms with E-state index in [9.17, 15) is 9.18 Å². The molecule has 0 aromatic carbocycles. The lowest BCUT2D eigenvalue weighted by Gasteiger charge is -2.22. The summed E-state index contributed by atoms with van der Waals surface area (Å²) in [6.07, 6.45) is -0.411. The Labute approximate surface area is 85.2 Å². The number of H-pyrrole nitrogens is 1. The summed E-state index contributed by atoms with van der Waals surface area (Å²) < 4.78 is 23.5. The van der Waals surface area contributed by atoms with Crippen molar-refractivity contribution in [2.24, 2.45) is 0 Å². The molecule has 1 atom stereocenters. The average molecular weight is 214 g/mol. The first-order valence-electron chi connectivity index (χ1n) is 4.64. The summed E-state index contributed by atoms with van der Waals surface area (Å²) in [4.78, 5) is 17.4. The molecule has 1 aliphatic rings. The number of hydrogen-bond acceptors (Lipinski definition) is 4. The van der Waals surface area contributed by atoms with Crippen LogP contribution in [0.5, 0.6) is 0 Å². The van der Waals surface area contributed by atoms with Crippen molar-refractivity contribution in [3.63, 3.8) is 0 Å². The van der Waals surface area contributed by atoms with Gasteiger partial charge in [-0.05, 0) is 6.92 Å². The minimum absolute atomic E-state index is 0.0722. The maximum atomic E-state index is 13.0. The van der Waals surface area contributed by atoms with Gasteiger partial charge in [0.2, 0.25) is 5.82 Å².